The van der Waals surface area contributed by atoms with Gasteiger partial charge in [0.05, 0.1) is 11.7 Å². The van der Waals surface area contributed by atoms with Crippen LogP contribution in [-0.2, 0) is 4.79 Å². The maximum absolute atomic E-state index is 12.2. The van der Waals surface area contributed by atoms with E-state index >= 15 is 0 Å². The first-order valence-corrected chi connectivity index (χ1v) is 11.7. The van der Waals surface area contributed by atoms with E-state index in [0.29, 0.717) is 24.8 Å². The second-order valence-corrected chi connectivity index (χ2v) is 8.56. The summed E-state index contributed by atoms with van der Waals surface area (Å²) in [6.45, 7) is 8.76. The zero-order valence-electron chi connectivity index (χ0n) is 19.6. The van der Waals surface area contributed by atoms with Crippen molar-refractivity contribution in [3.05, 3.63) is 41.9 Å². The molecule has 1 unspecified atom stereocenters. The lowest BCUT2D eigenvalue weighted by Crippen LogP contribution is -2.25. The highest BCUT2D eigenvalue weighted by Crippen LogP contribution is 2.19. The molecule has 0 aliphatic rings. The number of carbonyl (C=O) groups is 1. The summed E-state index contributed by atoms with van der Waals surface area (Å²) in [6.07, 6.45) is 6.23. The van der Waals surface area contributed by atoms with E-state index in [1.165, 1.54) is 19.3 Å². The lowest BCUT2D eigenvalue weighted by atomic mass is 10.1. The number of amides is 1. The van der Waals surface area contributed by atoms with Gasteiger partial charge in [-0.1, -0.05) is 52.5 Å². The molecule has 0 radical (unpaired) electrons. The number of benzene rings is 1. The third-order valence-corrected chi connectivity index (χ3v) is 5.46. The molecule has 8 heteroatoms. The fourth-order valence-electron chi connectivity index (χ4n) is 3.50. The van der Waals surface area contributed by atoms with Gasteiger partial charge in [0.15, 0.2) is 11.5 Å². The van der Waals surface area contributed by atoms with Crippen LogP contribution < -0.4 is 15.4 Å². The van der Waals surface area contributed by atoms with Gasteiger partial charge in [-0.15, -0.1) is 0 Å². The van der Waals surface area contributed by atoms with Gasteiger partial charge in [-0.05, 0) is 31.4 Å². The van der Waals surface area contributed by atoms with Gasteiger partial charge >= 0.3 is 0 Å². The number of aromatic amines is 1. The first-order chi connectivity index (χ1) is 15.5. The van der Waals surface area contributed by atoms with Gasteiger partial charge in [-0.25, -0.2) is 0 Å². The fourth-order valence-corrected chi connectivity index (χ4v) is 3.50. The highest BCUT2D eigenvalue weighted by Gasteiger charge is 2.16. The van der Waals surface area contributed by atoms with Gasteiger partial charge in [-0.2, -0.15) is 14.7 Å². The third-order valence-electron chi connectivity index (χ3n) is 5.46. The molecule has 2 heterocycles. The minimum Gasteiger partial charge on any atom is -0.478 e. The second-order valence-electron chi connectivity index (χ2n) is 8.56. The van der Waals surface area contributed by atoms with E-state index in [1.54, 1.807) is 0 Å². The van der Waals surface area contributed by atoms with Gasteiger partial charge in [0, 0.05) is 24.2 Å². The van der Waals surface area contributed by atoms with Crippen LogP contribution in [0.15, 0.2) is 30.3 Å². The predicted molar refractivity (Wildman–Crippen MR) is 127 cm³/mol. The number of ether oxygens (including phenoxy) is 1. The number of nitrogens with one attached hydrogen (secondary N) is 3. The van der Waals surface area contributed by atoms with Crippen molar-refractivity contribution < 1.29 is 9.53 Å². The molecule has 2 aromatic heterocycles. The molecule has 3 aromatic rings. The smallest absolute Gasteiger partial charge is 0.224 e. The minimum absolute atomic E-state index is 0.0490. The Bertz CT molecular complexity index is 993. The zero-order chi connectivity index (χ0) is 22.9. The van der Waals surface area contributed by atoms with Crippen molar-refractivity contribution in [3.8, 4) is 5.75 Å². The van der Waals surface area contributed by atoms with E-state index in [4.69, 9.17) is 4.74 Å². The number of fused-ring (bicyclic) bond motifs is 1. The maximum Gasteiger partial charge on any atom is 0.224 e. The zero-order valence-corrected chi connectivity index (χ0v) is 19.6. The molecule has 3 N–H and O–H groups in total. The lowest BCUT2D eigenvalue weighted by molar-refractivity contribution is -0.116. The molecule has 1 aromatic carbocycles. The van der Waals surface area contributed by atoms with Crippen molar-refractivity contribution >= 4 is 17.2 Å². The summed E-state index contributed by atoms with van der Waals surface area (Å²) >= 11 is 0. The Kier molecular flexibility index (Phi) is 8.67. The Morgan fingerprint density at radius 3 is 2.75 bits per heavy atom. The summed E-state index contributed by atoms with van der Waals surface area (Å²) < 4.78 is 7.69. The van der Waals surface area contributed by atoms with E-state index in [1.807, 2.05) is 41.8 Å². The molecule has 174 valence electrons. The molecule has 0 bridgehead atoms. The van der Waals surface area contributed by atoms with E-state index < -0.39 is 0 Å². The normalized spacial score (nSPS) is 12.4. The number of hydrogen-bond donors (Lipinski definition) is 3. The van der Waals surface area contributed by atoms with Crippen molar-refractivity contribution in [2.75, 3.05) is 12.0 Å². The summed E-state index contributed by atoms with van der Waals surface area (Å²) in [4.78, 5) is 12.2. The number of nitrogens with zero attached hydrogens (tertiary/aromatic N) is 3. The lowest BCUT2D eigenvalue weighted by Gasteiger charge is -2.13. The Labute approximate surface area is 190 Å². The van der Waals surface area contributed by atoms with Crippen LogP contribution in [0.2, 0.25) is 0 Å². The molecule has 1 atom stereocenters. The molecule has 0 fully saturated rings. The van der Waals surface area contributed by atoms with Crippen molar-refractivity contribution in [3.63, 3.8) is 0 Å². The second kappa shape index (κ2) is 11.7. The molecule has 3 rings (SSSR count). The largest absolute Gasteiger partial charge is 0.478 e. The highest BCUT2D eigenvalue weighted by molar-refractivity contribution is 5.90. The topological polar surface area (TPSA) is 96.3 Å². The first kappa shape index (κ1) is 23.8. The summed E-state index contributed by atoms with van der Waals surface area (Å²) in [7, 11) is 0. The minimum atomic E-state index is -0.0562. The van der Waals surface area contributed by atoms with Crippen LogP contribution >= 0.6 is 0 Å². The number of rotatable bonds is 13. The molecule has 0 saturated heterocycles. The molecular formula is C24H36N6O2. The number of hydrogen-bond acceptors (Lipinski definition) is 5. The van der Waals surface area contributed by atoms with Crippen molar-refractivity contribution in [1.29, 1.82) is 0 Å². The Balaban J connectivity index is 1.46. The summed E-state index contributed by atoms with van der Waals surface area (Å²) in [5, 5.41) is 18.3. The average Bonchev–Trinajstić information content (AvgIpc) is 3.35. The standard InChI is InChI=1S/C24H36N6O2/c1-5-6-7-8-9-13-23(31)26-19-11-10-12-20(14-19)32-16-25-18(4)24-28-27-22-15-21(17(2)3)29-30(22)24/h10-12,14-15,17-18,25,27H,5-9,13,16H2,1-4H3,(H,26,31). The van der Waals surface area contributed by atoms with Crippen LogP contribution in [0.1, 0.15) is 89.7 Å². The van der Waals surface area contributed by atoms with E-state index in [0.717, 1.165) is 35.7 Å². The van der Waals surface area contributed by atoms with Gasteiger partial charge in [0.1, 0.15) is 12.5 Å². The number of H-pyrrole nitrogens is 1. The number of aromatic nitrogens is 4. The van der Waals surface area contributed by atoms with Crippen LogP contribution in [0, 0.1) is 0 Å². The van der Waals surface area contributed by atoms with Gasteiger partial charge in [-0.3, -0.25) is 15.2 Å². The Morgan fingerprint density at radius 1 is 1.16 bits per heavy atom. The SMILES string of the molecule is CCCCCCCC(=O)Nc1cccc(OCNC(C)c2n[nH]c3cc(C(C)C)nn23)c1. The molecule has 0 saturated carbocycles. The predicted octanol–water partition coefficient (Wildman–Crippen LogP) is 5.17. The molecule has 8 nitrogen and oxygen atoms in total. The number of anilines is 1. The summed E-state index contributed by atoms with van der Waals surface area (Å²) in [5.74, 6) is 1.90. The van der Waals surface area contributed by atoms with E-state index in [-0.39, 0.29) is 11.9 Å². The summed E-state index contributed by atoms with van der Waals surface area (Å²) in [5.41, 5.74) is 2.66. The van der Waals surface area contributed by atoms with Crippen LogP contribution in [0.5, 0.6) is 5.75 Å². The van der Waals surface area contributed by atoms with Crippen molar-refractivity contribution in [1.82, 2.24) is 25.1 Å². The van der Waals surface area contributed by atoms with Gasteiger partial charge in [0.25, 0.3) is 0 Å². The molecular weight excluding hydrogens is 404 g/mol. The molecule has 1 amide bonds. The first-order valence-electron chi connectivity index (χ1n) is 11.7. The van der Waals surface area contributed by atoms with Crippen LogP contribution in [0.25, 0.3) is 5.65 Å². The average molecular weight is 441 g/mol. The van der Waals surface area contributed by atoms with E-state index in [9.17, 15) is 4.79 Å². The van der Waals surface area contributed by atoms with Crippen molar-refractivity contribution in [2.45, 2.75) is 78.2 Å². The molecule has 0 aliphatic carbocycles. The monoisotopic (exact) mass is 440 g/mol. The van der Waals surface area contributed by atoms with Crippen LogP contribution in [-0.4, -0.2) is 32.4 Å². The quantitative estimate of drug-likeness (QED) is 0.252. The number of unbranched alkanes of at least 4 members (excludes halogenated alkanes) is 4. The molecule has 0 spiro atoms. The maximum atomic E-state index is 12.2. The van der Waals surface area contributed by atoms with Gasteiger partial charge in [0.2, 0.25) is 5.91 Å². The Morgan fingerprint density at radius 2 is 1.97 bits per heavy atom. The highest BCUT2D eigenvalue weighted by atomic mass is 16.5. The summed E-state index contributed by atoms with van der Waals surface area (Å²) in [6, 6.07) is 9.44. The van der Waals surface area contributed by atoms with E-state index in [2.05, 4.69) is 46.7 Å². The van der Waals surface area contributed by atoms with Gasteiger partial charge < -0.3 is 10.1 Å². The van der Waals surface area contributed by atoms with Crippen LogP contribution in [0.4, 0.5) is 5.69 Å². The Hall–Kier alpha value is -2.87. The van der Waals surface area contributed by atoms with Crippen LogP contribution in [0.3, 0.4) is 0 Å². The fraction of sp³-hybridized carbons (Fsp3) is 0.542. The van der Waals surface area contributed by atoms with Crippen molar-refractivity contribution in [2.24, 2.45) is 0 Å². The molecule has 32 heavy (non-hydrogen) atoms. The molecule has 0 aliphatic heterocycles. The number of carbonyl (C=O) groups excluding carboxylic acids is 1. The third kappa shape index (κ3) is 6.56.